The van der Waals surface area contributed by atoms with E-state index < -0.39 is 10.2 Å². The number of rotatable bonds is 10. The smallest absolute Gasteiger partial charge is 0.304 e. The molecule has 1 amide bonds. The van der Waals surface area contributed by atoms with Crippen LogP contribution >= 0.6 is 0 Å². The van der Waals surface area contributed by atoms with Crippen molar-refractivity contribution in [2.24, 2.45) is 0 Å². The summed E-state index contributed by atoms with van der Waals surface area (Å²) in [5.41, 5.74) is 2.23. The van der Waals surface area contributed by atoms with Gasteiger partial charge >= 0.3 is 10.2 Å². The first-order chi connectivity index (χ1) is 11.7. The molecule has 0 aliphatic heterocycles. The molecule has 0 aliphatic carbocycles. The molecule has 1 aromatic rings. The van der Waals surface area contributed by atoms with E-state index in [1.54, 1.807) is 6.07 Å². The van der Waals surface area contributed by atoms with Crippen LogP contribution in [0.2, 0.25) is 0 Å². The maximum atomic E-state index is 12.7. The summed E-state index contributed by atoms with van der Waals surface area (Å²) in [4.78, 5) is 12.2. The molecular formula is C17H29N3O4S. The van der Waals surface area contributed by atoms with Crippen molar-refractivity contribution in [1.29, 1.82) is 0 Å². The Bertz CT molecular complexity index is 674. The van der Waals surface area contributed by atoms with E-state index in [9.17, 15) is 13.2 Å². The van der Waals surface area contributed by atoms with E-state index in [0.717, 1.165) is 19.7 Å². The summed E-state index contributed by atoms with van der Waals surface area (Å²) >= 11 is 0. The maximum Gasteiger partial charge on any atom is 0.304 e. The summed E-state index contributed by atoms with van der Waals surface area (Å²) in [6.45, 7) is 7.00. The summed E-state index contributed by atoms with van der Waals surface area (Å²) in [6, 6.07) is 5.54. The minimum Gasteiger partial charge on any atom is -0.382 e. The number of carbonyl (C=O) groups is 1. The third kappa shape index (κ3) is 6.30. The molecule has 0 bridgehead atoms. The van der Waals surface area contributed by atoms with Gasteiger partial charge in [-0.1, -0.05) is 12.1 Å². The first kappa shape index (κ1) is 21.4. The second-order valence-corrected chi connectivity index (χ2v) is 8.05. The Kier molecular flexibility index (Phi) is 8.34. The third-order valence-electron chi connectivity index (χ3n) is 3.65. The van der Waals surface area contributed by atoms with Gasteiger partial charge in [-0.25, -0.2) is 4.31 Å². The fourth-order valence-corrected chi connectivity index (χ4v) is 3.33. The molecule has 8 heteroatoms. The van der Waals surface area contributed by atoms with Crippen molar-refractivity contribution in [1.82, 2.24) is 9.62 Å². The number of hydrogen-bond acceptors (Lipinski definition) is 4. The van der Waals surface area contributed by atoms with Crippen LogP contribution in [0.25, 0.3) is 0 Å². The van der Waals surface area contributed by atoms with E-state index >= 15 is 0 Å². The zero-order valence-corrected chi connectivity index (χ0v) is 16.5. The van der Waals surface area contributed by atoms with Gasteiger partial charge in [-0.05, 0) is 44.4 Å². The molecule has 0 spiro atoms. The van der Waals surface area contributed by atoms with E-state index in [1.807, 2.05) is 32.9 Å². The molecule has 0 aliphatic rings. The van der Waals surface area contributed by atoms with Gasteiger partial charge in [-0.2, -0.15) is 12.7 Å². The van der Waals surface area contributed by atoms with E-state index in [0.29, 0.717) is 31.9 Å². The SMILES string of the molecule is CCOCCCNC(=O)CN(c1cc(C)ccc1C)S(=O)(=O)N(C)C. The fourth-order valence-electron chi connectivity index (χ4n) is 2.21. The van der Waals surface area contributed by atoms with Crippen molar-refractivity contribution in [3.8, 4) is 0 Å². The number of ether oxygens (including phenoxy) is 1. The molecule has 0 saturated heterocycles. The average molecular weight is 372 g/mol. The number of nitrogens with one attached hydrogen (secondary N) is 1. The molecular weight excluding hydrogens is 342 g/mol. The molecule has 1 aromatic carbocycles. The number of benzene rings is 1. The van der Waals surface area contributed by atoms with Gasteiger partial charge in [0.2, 0.25) is 5.91 Å². The Morgan fingerprint density at radius 2 is 1.92 bits per heavy atom. The normalized spacial score (nSPS) is 11.6. The molecule has 7 nitrogen and oxygen atoms in total. The van der Waals surface area contributed by atoms with Crippen molar-refractivity contribution in [2.75, 3.05) is 44.7 Å². The van der Waals surface area contributed by atoms with Gasteiger partial charge in [0, 0.05) is 33.9 Å². The van der Waals surface area contributed by atoms with Crippen LogP contribution in [0.1, 0.15) is 24.5 Å². The molecule has 0 atom stereocenters. The highest BCUT2D eigenvalue weighted by Gasteiger charge is 2.28. The molecule has 0 aromatic heterocycles. The highest BCUT2D eigenvalue weighted by molar-refractivity contribution is 7.90. The van der Waals surface area contributed by atoms with Crippen molar-refractivity contribution in [2.45, 2.75) is 27.2 Å². The first-order valence-corrected chi connectivity index (χ1v) is 9.71. The van der Waals surface area contributed by atoms with Crippen LogP contribution in [0.4, 0.5) is 5.69 Å². The lowest BCUT2D eigenvalue weighted by Gasteiger charge is -2.28. The molecule has 0 radical (unpaired) electrons. The standard InChI is InChI=1S/C17H29N3O4S/c1-6-24-11-7-10-18-17(21)13-20(25(22,23)19(4)5)16-12-14(2)8-9-15(16)3/h8-9,12H,6-7,10-11,13H2,1-5H3,(H,18,21). The van der Waals surface area contributed by atoms with E-state index in [4.69, 9.17) is 4.74 Å². The minimum absolute atomic E-state index is 0.264. The predicted octanol–water partition coefficient (Wildman–Crippen LogP) is 1.46. The topological polar surface area (TPSA) is 79.0 Å². The van der Waals surface area contributed by atoms with Crippen LogP contribution in [-0.4, -0.2) is 59.0 Å². The van der Waals surface area contributed by atoms with Crippen molar-refractivity contribution in [3.63, 3.8) is 0 Å². The number of amides is 1. The second-order valence-electron chi connectivity index (χ2n) is 5.99. The zero-order valence-electron chi connectivity index (χ0n) is 15.7. The molecule has 0 heterocycles. The van der Waals surface area contributed by atoms with E-state index in [1.165, 1.54) is 14.1 Å². The molecule has 1 N–H and O–H groups in total. The molecule has 25 heavy (non-hydrogen) atoms. The Balaban J connectivity index is 2.94. The second kappa shape index (κ2) is 9.74. The quantitative estimate of drug-likeness (QED) is 0.632. The monoisotopic (exact) mass is 371 g/mol. The van der Waals surface area contributed by atoms with Crippen LogP contribution in [0, 0.1) is 13.8 Å². The molecule has 0 saturated carbocycles. The van der Waals surface area contributed by atoms with Gasteiger partial charge in [0.15, 0.2) is 0 Å². The summed E-state index contributed by atoms with van der Waals surface area (Å²) in [7, 11) is -0.881. The first-order valence-electron chi connectivity index (χ1n) is 8.32. The summed E-state index contributed by atoms with van der Waals surface area (Å²) in [5.74, 6) is -0.345. The average Bonchev–Trinajstić information content (AvgIpc) is 2.54. The highest BCUT2D eigenvalue weighted by atomic mass is 32.2. The van der Waals surface area contributed by atoms with E-state index in [2.05, 4.69) is 5.32 Å². The molecule has 1 rings (SSSR count). The Hall–Kier alpha value is -1.64. The molecule has 0 unspecified atom stereocenters. The molecule has 142 valence electrons. The van der Waals surface area contributed by atoms with Crippen molar-refractivity contribution >= 4 is 21.8 Å². The number of carbonyl (C=O) groups excluding carboxylic acids is 1. The summed E-state index contributed by atoms with van der Waals surface area (Å²) < 4.78 is 32.9. The lowest BCUT2D eigenvalue weighted by Crippen LogP contribution is -2.46. The van der Waals surface area contributed by atoms with Gasteiger partial charge in [-0.15, -0.1) is 0 Å². The largest absolute Gasteiger partial charge is 0.382 e. The van der Waals surface area contributed by atoms with Crippen molar-refractivity contribution in [3.05, 3.63) is 29.3 Å². The highest BCUT2D eigenvalue weighted by Crippen LogP contribution is 2.25. The van der Waals surface area contributed by atoms with Crippen LogP contribution in [0.5, 0.6) is 0 Å². The lowest BCUT2D eigenvalue weighted by atomic mass is 10.1. The van der Waals surface area contributed by atoms with Crippen LogP contribution < -0.4 is 9.62 Å². The minimum atomic E-state index is -3.78. The molecule has 0 fully saturated rings. The zero-order chi connectivity index (χ0) is 19.0. The van der Waals surface area contributed by atoms with Crippen molar-refractivity contribution < 1.29 is 17.9 Å². The van der Waals surface area contributed by atoms with Crippen LogP contribution in [0.15, 0.2) is 18.2 Å². The van der Waals surface area contributed by atoms with Gasteiger partial charge in [0.05, 0.1) is 5.69 Å². The fraction of sp³-hybridized carbons (Fsp3) is 0.588. The van der Waals surface area contributed by atoms with E-state index in [-0.39, 0.29) is 12.5 Å². The summed E-state index contributed by atoms with van der Waals surface area (Å²) in [5, 5.41) is 2.74. The van der Waals surface area contributed by atoms with Gasteiger partial charge < -0.3 is 10.1 Å². The van der Waals surface area contributed by atoms with Gasteiger partial charge in [0.25, 0.3) is 0 Å². The van der Waals surface area contributed by atoms with Crippen LogP contribution in [-0.2, 0) is 19.7 Å². The number of aryl methyl sites for hydroxylation is 2. The number of anilines is 1. The Morgan fingerprint density at radius 1 is 1.24 bits per heavy atom. The summed E-state index contributed by atoms with van der Waals surface area (Å²) in [6.07, 6.45) is 0.684. The lowest BCUT2D eigenvalue weighted by molar-refractivity contribution is -0.119. The van der Waals surface area contributed by atoms with Crippen LogP contribution in [0.3, 0.4) is 0 Å². The maximum absolute atomic E-state index is 12.7. The Labute approximate surface area is 151 Å². The predicted molar refractivity (Wildman–Crippen MR) is 100.0 cm³/mol. The number of hydrogen-bond donors (Lipinski definition) is 1. The Morgan fingerprint density at radius 3 is 2.52 bits per heavy atom. The van der Waals surface area contributed by atoms with Gasteiger partial charge in [0.1, 0.15) is 6.54 Å². The number of nitrogens with zero attached hydrogens (tertiary/aromatic N) is 2. The third-order valence-corrected chi connectivity index (χ3v) is 5.46. The van der Waals surface area contributed by atoms with Gasteiger partial charge in [-0.3, -0.25) is 4.79 Å².